The van der Waals surface area contributed by atoms with Crippen LogP contribution in [0.2, 0.25) is 35.2 Å². The van der Waals surface area contributed by atoms with E-state index in [2.05, 4.69) is 29.4 Å². The molecule has 6 heterocycles. The van der Waals surface area contributed by atoms with E-state index in [9.17, 15) is 24.6 Å². The normalized spacial score (nSPS) is 19.4. The molecule has 0 aromatic heterocycles. The Morgan fingerprint density at radius 3 is 1.21 bits per heavy atom. The van der Waals surface area contributed by atoms with Crippen molar-refractivity contribution >= 4 is 105 Å². The Labute approximate surface area is 622 Å². The zero-order valence-electron chi connectivity index (χ0n) is 55.9. The molecular formula is C76H97Cl7N6O10. The number of halogens is 7. The van der Waals surface area contributed by atoms with Crippen molar-refractivity contribution in [2.24, 2.45) is 17.8 Å². The Bertz CT molecular complexity index is 3560. The minimum absolute atomic E-state index is 0. The van der Waals surface area contributed by atoms with Gasteiger partial charge < -0.3 is 53.9 Å². The lowest BCUT2D eigenvalue weighted by atomic mass is 9.93. The predicted molar refractivity (Wildman–Crippen MR) is 403 cm³/mol. The molecule has 6 fully saturated rings. The van der Waals surface area contributed by atoms with Crippen LogP contribution in [-0.4, -0.2) is 187 Å². The molecule has 99 heavy (non-hydrogen) atoms. The largest absolute Gasteiger partial charge is 0.490 e. The van der Waals surface area contributed by atoms with Crippen LogP contribution in [0.1, 0.15) is 98.5 Å². The number of carbonyl (C=O) groups is 3. The molecule has 0 unspecified atom stereocenters. The summed E-state index contributed by atoms with van der Waals surface area (Å²) in [6, 6.07) is 40.0. The molecule has 0 bridgehead atoms. The lowest BCUT2D eigenvalue weighted by molar-refractivity contribution is -0.145. The second-order valence-corrected chi connectivity index (χ2v) is 29.8. The van der Waals surface area contributed by atoms with Gasteiger partial charge in [-0.25, -0.2) is 4.79 Å². The molecule has 6 aliphatic heterocycles. The standard InChI is InChI=1S/C26H31Cl3N2O3.C25H30Cl2N2O4.C25H30Cl2N2O3.3H2/c27-22-4-2-1-3-19(22)15-25(26(32)33)31-13-7-18(8-14-31)17-30-11-9-20(10-12-30)34-21-5-6-23(28)24(29)16-21;26-21-6-5-20(15-22(21)27)33-19-9-11-28(12-10-19)16-18-7-13-29(14-8-18)23-3-1-2-4-24(23)32-17-25(30)31;26-22-7-6-21(16-23(22)27)32-20-10-12-28(13-11-20)17-18-8-14-29(15-9-18)24(25(30)31)19-4-2-1-3-5-19;;;/h1-6,16,18,20,25H,7-15,17H2,(H,32,33);1-6,15,18-19H,7-14,16-17H2,(H,30,31);1-7,16,18,20,24H,8-15,17H2,(H,30,31);3*1H/t25-;;24-;;;/m0.1.../s1. The number of rotatable bonds is 23. The summed E-state index contributed by atoms with van der Waals surface area (Å²) in [6.07, 6.45) is 13.4. The van der Waals surface area contributed by atoms with Crippen molar-refractivity contribution in [1.29, 1.82) is 0 Å². The number of carboxylic acids is 3. The smallest absolute Gasteiger partial charge is 0.341 e. The average Bonchev–Trinajstić information content (AvgIpc) is 0.834. The van der Waals surface area contributed by atoms with Crippen molar-refractivity contribution in [3.05, 3.63) is 180 Å². The van der Waals surface area contributed by atoms with Gasteiger partial charge in [0.25, 0.3) is 0 Å². The Kier molecular flexibility index (Phi) is 29.4. The van der Waals surface area contributed by atoms with Crippen molar-refractivity contribution in [2.45, 2.75) is 114 Å². The van der Waals surface area contributed by atoms with Gasteiger partial charge in [-0.05, 0) is 187 Å². The number of nitrogens with zero attached hydrogens (tertiary/aromatic N) is 6. The van der Waals surface area contributed by atoms with Gasteiger partial charge in [-0.1, -0.05) is 142 Å². The number of aliphatic carboxylic acids is 3. The van der Waals surface area contributed by atoms with Crippen LogP contribution in [0, 0.1) is 17.8 Å². The van der Waals surface area contributed by atoms with Gasteiger partial charge in [0.15, 0.2) is 6.61 Å². The molecule has 2 atom stereocenters. The number of hydrogen-bond donors (Lipinski definition) is 3. The molecule has 6 saturated heterocycles. The second-order valence-electron chi connectivity index (χ2n) is 26.9. The summed E-state index contributed by atoms with van der Waals surface area (Å²) in [7, 11) is 0. The van der Waals surface area contributed by atoms with E-state index in [-0.39, 0.29) is 29.2 Å². The first-order valence-electron chi connectivity index (χ1n) is 34.8. The number of anilines is 1. The molecule has 540 valence electrons. The lowest BCUT2D eigenvalue weighted by Gasteiger charge is -2.39. The molecule has 0 amide bonds. The van der Waals surface area contributed by atoms with Crippen molar-refractivity contribution in [1.82, 2.24) is 24.5 Å². The molecule has 6 aromatic rings. The fourth-order valence-electron chi connectivity index (χ4n) is 14.5. The fraction of sp³-hybridized carbons (Fsp3) is 0.487. The Morgan fingerprint density at radius 2 is 0.808 bits per heavy atom. The van der Waals surface area contributed by atoms with Crippen LogP contribution in [0.25, 0.3) is 0 Å². The van der Waals surface area contributed by atoms with E-state index in [4.69, 9.17) is 105 Å². The van der Waals surface area contributed by atoms with Crippen LogP contribution in [0.15, 0.2) is 133 Å². The molecule has 6 aliphatic rings. The molecular weight excluding hydrogens is 1410 g/mol. The number of likely N-dealkylation sites (tertiary alicyclic amines) is 5. The Hall–Kier alpha value is -5.44. The van der Waals surface area contributed by atoms with Gasteiger partial charge in [0.05, 0.1) is 35.8 Å². The molecule has 23 heteroatoms. The van der Waals surface area contributed by atoms with Gasteiger partial charge in [0.2, 0.25) is 0 Å². The molecule has 3 N–H and O–H groups in total. The van der Waals surface area contributed by atoms with Gasteiger partial charge in [0, 0.05) is 106 Å². The van der Waals surface area contributed by atoms with Crippen LogP contribution in [0.3, 0.4) is 0 Å². The number of carboxylic acid groups (broad SMARTS) is 3. The summed E-state index contributed by atoms with van der Waals surface area (Å²) in [5, 5.41) is 32.4. The topological polar surface area (TPSA) is 168 Å². The van der Waals surface area contributed by atoms with Crippen LogP contribution in [-0.2, 0) is 20.8 Å². The molecule has 12 rings (SSSR count). The van der Waals surface area contributed by atoms with Gasteiger partial charge in [-0.3, -0.25) is 19.4 Å². The van der Waals surface area contributed by atoms with Crippen LogP contribution in [0.5, 0.6) is 23.0 Å². The van der Waals surface area contributed by atoms with Gasteiger partial charge in [0.1, 0.15) is 53.4 Å². The van der Waals surface area contributed by atoms with E-state index in [0.717, 1.165) is 209 Å². The van der Waals surface area contributed by atoms with Crippen molar-refractivity contribution in [3.63, 3.8) is 0 Å². The average molecular weight is 1500 g/mol. The van der Waals surface area contributed by atoms with E-state index in [1.165, 1.54) is 0 Å². The number of para-hydroxylation sites is 2. The third-order valence-electron chi connectivity index (χ3n) is 20.0. The van der Waals surface area contributed by atoms with Crippen molar-refractivity contribution in [2.75, 3.05) is 110 Å². The number of piperidine rings is 6. The van der Waals surface area contributed by atoms with Gasteiger partial charge >= 0.3 is 17.9 Å². The van der Waals surface area contributed by atoms with E-state index in [0.29, 0.717) is 65.1 Å². The van der Waals surface area contributed by atoms with E-state index < -0.39 is 30.0 Å². The van der Waals surface area contributed by atoms with E-state index in [1.807, 2.05) is 97.1 Å². The first-order valence-corrected chi connectivity index (χ1v) is 37.4. The summed E-state index contributed by atoms with van der Waals surface area (Å²) in [4.78, 5) is 48.9. The maximum Gasteiger partial charge on any atom is 0.341 e. The summed E-state index contributed by atoms with van der Waals surface area (Å²) >= 11 is 42.5. The molecule has 0 spiro atoms. The van der Waals surface area contributed by atoms with Gasteiger partial charge in [-0.2, -0.15) is 0 Å². The van der Waals surface area contributed by atoms with Crippen LogP contribution < -0.4 is 23.8 Å². The summed E-state index contributed by atoms with van der Waals surface area (Å²) in [5.41, 5.74) is 2.74. The SMILES string of the molecule is O=C(O)COc1ccccc1N1CCC(CN2CCC(Oc3ccc(Cl)c(Cl)c3)CC2)CC1.O=C(O)[C@@H](c1ccccc1)N1CCC(CN2CCC(Oc3ccc(Cl)c(Cl)c3)CC2)CC1.O=C(O)[C@H](Cc1ccccc1Cl)N1CCC(CN2CCC(Oc3ccc(Cl)c(Cl)c3)CC2)CC1.[HH].[HH].[HH]. The monoisotopic (exact) mass is 1500 g/mol. The number of hydrogen-bond acceptors (Lipinski definition) is 13. The highest BCUT2D eigenvalue weighted by atomic mass is 35.5. The van der Waals surface area contributed by atoms with E-state index in [1.54, 1.807) is 36.4 Å². The highest BCUT2D eigenvalue weighted by Crippen LogP contribution is 2.36. The van der Waals surface area contributed by atoms with Crippen molar-refractivity contribution in [3.8, 4) is 23.0 Å². The third kappa shape index (κ3) is 23.3. The highest BCUT2D eigenvalue weighted by Gasteiger charge is 2.35. The first kappa shape index (κ1) is 76.2. The van der Waals surface area contributed by atoms with Gasteiger partial charge in [-0.15, -0.1) is 0 Å². The zero-order chi connectivity index (χ0) is 69.8. The summed E-state index contributed by atoms with van der Waals surface area (Å²) in [5.74, 6) is 2.34. The maximum atomic E-state index is 12.0. The van der Waals surface area contributed by atoms with Crippen molar-refractivity contribution < 1.29 is 52.9 Å². The first-order chi connectivity index (χ1) is 47.9. The quantitative estimate of drug-likeness (QED) is 0.0554. The third-order valence-corrected chi connectivity index (χ3v) is 22.6. The summed E-state index contributed by atoms with van der Waals surface area (Å²) < 4.78 is 23.8. The zero-order valence-corrected chi connectivity index (χ0v) is 61.1. The van der Waals surface area contributed by atoms with Crippen LogP contribution >= 0.6 is 81.2 Å². The minimum Gasteiger partial charge on any atom is -0.490 e. The minimum atomic E-state index is -0.963. The Morgan fingerprint density at radius 1 is 0.414 bits per heavy atom. The summed E-state index contributed by atoms with van der Waals surface area (Å²) in [6.45, 7) is 14.3. The number of benzene rings is 6. The van der Waals surface area contributed by atoms with Crippen LogP contribution in [0.4, 0.5) is 5.69 Å². The number of ether oxygens (including phenoxy) is 4. The second kappa shape index (κ2) is 38.2. The predicted octanol–water partition coefficient (Wildman–Crippen LogP) is 17.2. The highest BCUT2D eigenvalue weighted by molar-refractivity contribution is 6.43. The fourth-order valence-corrected chi connectivity index (χ4v) is 15.6. The van der Waals surface area contributed by atoms with E-state index >= 15 is 0 Å². The molecule has 0 aliphatic carbocycles. The molecule has 16 nitrogen and oxygen atoms in total. The lowest BCUT2D eigenvalue weighted by Crippen LogP contribution is -2.48. The molecule has 6 aromatic carbocycles. The Balaban J connectivity index is 0.000000211. The molecule has 0 saturated carbocycles. The maximum absolute atomic E-state index is 12.0. The molecule has 0 radical (unpaired) electrons.